The van der Waals surface area contributed by atoms with E-state index in [1.807, 2.05) is 0 Å². The zero-order chi connectivity index (χ0) is 12.5. The molecule has 0 aliphatic heterocycles. The number of halogens is 3. The van der Waals surface area contributed by atoms with Gasteiger partial charge in [-0.25, -0.2) is 0 Å². The molecule has 0 saturated carbocycles. The summed E-state index contributed by atoms with van der Waals surface area (Å²) in [5, 5.41) is 6.46. The predicted octanol–water partition coefficient (Wildman–Crippen LogP) is 2.25. The molecule has 0 aromatic carbocycles. The van der Waals surface area contributed by atoms with Gasteiger partial charge in [-0.2, -0.15) is 18.3 Å². The Kier molecular flexibility index (Phi) is 3.62. The summed E-state index contributed by atoms with van der Waals surface area (Å²) in [6.45, 7) is 5.15. The van der Waals surface area contributed by atoms with Crippen molar-refractivity contribution >= 4 is 0 Å². The highest BCUT2D eigenvalue weighted by Crippen LogP contribution is 2.35. The van der Waals surface area contributed by atoms with Gasteiger partial charge in [0, 0.05) is 18.3 Å². The molecule has 1 unspecified atom stereocenters. The molecule has 1 aromatic heterocycles. The molecule has 1 rings (SSSR count). The number of aryl methyl sites for hydroxylation is 2. The van der Waals surface area contributed by atoms with Crippen molar-refractivity contribution in [3.63, 3.8) is 0 Å². The molecule has 0 saturated heterocycles. The molecule has 6 heteroatoms. The van der Waals surface area contributed by atoms with Crippen molar-refractivity contribution in [3.8, 4) is 0 Å². The van der Waals surface area contributed by atoms with Gasteiger partial charge in [0.2, 0.25) is 0 Å². The number of nitrogens with zero attached hydrogens (tertiary/aromatic N) is 2. The Morgan fingerprint density at radius 3 is 2.25 bits per heavy atom. The van der Waals surface area contributed by atoms with E-state index in [0.717, 1.165) is 0 Å². The third-order valence-corrected chi connectivity index (χ3v) is 2.59. The Morgan fingerprint density at radius 1 is 1.38 bits per heavy atom. The Morgan fingerprint density at radius 2 is 1.94 bits per heavy atom. The molecule has 0 radical (unpaired) electrons. The lowest BCUT2D eigenvalue weighted by Crippen LogP contribution is -2.34. The monoisotopic (exact) mass is 235 g/mol. The Labute approximate surface area is 92.6 Å². The molecule has 0 spiro atoms. The summed E-state index contributed by atoms with van der Waals surface area (Å²) in [7, 11) is 1.64. The molecule has 0 aliphatic carbocycles. The fourth-order valence-electron chi connectivity index (χ4n) is 1.79. The zero-order valence-electron chi connectivity index (χ0n) is 9.81. The Balaban J connectivity index is 3.21. The summed E-state index contributed by atoms with van der Waals surface area (Å²) in [5.74, 6) is 0. The van der Waals surface area contributed by atoms with Crippen molar-refractivity contribution in [2.45, 2.75) is 33.0 Å². The lowest BCUT2D eigenvalue weighted by atomic mass is 10.0. The van der Waals surface area contributed by atoms with Gasteiger partial charge in [-0.15, -0.1) is 0 Å². The number of aromatic nitrogens is 2. The third-order valence-electron chi connectivity index (χ3n) is 2.59. The van der Waals surface area contributed by atoms with Gasteiger partial charge >= 0.3 is 6.18 Å². The molecular weight excluding hydrogens is 219 g/mol. The highest BCUT2D eigenvalue weighted by atomic mass is 19.4. The minimum atomic E-state index is -4.30. The van der Waals surface area contributed by atoms with Gasteiger partial charge in [0.1, 0.15) is 6.04 Å². The number of hydrogen-bond donors (Lipinski definition) is 1. The first-order valence-electron chi connectivity index (χ1n) is 5.09. The fourth-order valence-corrected chi connectivity index (χ4v) is 1.79. The van der Waals surface area contributed by atoms with E-state index in [0.29, 0.717) is 11.4 Å². The molecule has 0 bridgehead atoms. The van der Waals surface area contributed by atoms with E-state index >= 15 is 0 Å². The van der Waals surface area contributed by atoms with Gasteiger partial charge in [-0.3, -0.25) is 4.68 Å². The largest absolute Gasteiger partial charge is 0.408 e. The summed E-state index contributed by atoms with van der Waals surface area (Å²) in [4.78, 5) is 0. The Hall–Kier alpha value is -1.04. The maximum absolute atomic E-state index is 12.9. The molecule has 0 aliphatic rings. The molecule has 1 N–H and O–H groups in total. The van der Waals surface area contributed by atoms with Gasteiger partial charge in [0.25, 0.3) is 0 Å². The third kappa shape index (κ3) is 2.37. The topological polar surface area (TPSA) is 29.9 Å². The maximum Gasteiger partial charge on any atom is 0.408 e. The molecular formula is C10H16F3N3. The van der Waals surface area contributed by atoms with Crippen molar-refractivity contribution in [3.05, 3.63) is 17.0 Å². The second kappa shape index (κ2) is 4.45. The van der Waals surface area contributed by atoms with Crippen LogP contribution < -0.4 is 5.32 Å². The van der Waals surface area contributed by atoms with Gasteiger partial charge in [0.05, 0.1) is 5.69 Å². The van der Waals surface area contributed by atoms with Crippen molar-refractivity contribution in [1.29, 1.82) is 0 Å². The van der Waals surface area contributed by atoms with Gasteiger partial charge < -0.3 is 5.32 Å². The van der Waals surface area contributed by atoms with Crippen LogP contribution in [0.2, 0.25) is 0 Å². The van der Waals surface area contributed by atoms with Crippen molar-refractivity contribution in [1.82, 2.24) is 15.1 Å². The summed E-state index contributed by atoms with van der Waals surface area (Å²) >= 11 is 0. The van der Waals surface area contributed by atoms with Crippen LogP contribution in [0.1, 0.15) is 29.9 Å². The van der Waals surface area contributed by atoms with Gasteiger partial charge in [-0.1, -0.05) is 6.92 Å². The standard InChI is InChI=1S/C10H16F3N3/c1-5-14-9(10(11,12)13)8-6(2)15-16(4)7(8)3/h9,14H,5H2,1-4H3. The predicted molar refractivity (Wildman–Crippen MR) is 55.2 cm³/mol. The lowest BCUT2D eigenvalue weighted by molar-refractivity contribution is -0.157. The number of rotatable bonds is 3. The number of nitrogens with one attached hydrogen (secondary N) is 1. The average molecular weight is 235 g/mol. The smallest absolute Gasteiger partial charge is 0.303 e. The van der Waals surface area contributed by atoms with Crippen LogP contribution in [0.4, 0.5) is 13.2 Å². The van der Waals surface area contributed by atoms with Crippen molar-refractivity contribution < 1.29 is 13.2 Å². The fraction of sp³-hybridized carbons (Fsp3) is 0.700. The first-order valence-corrected chi connectivity index (χ1v) is 5.09. The molecule has 0 fully saturated rings. The van der Waals surface area contributed by atoms with E-state index in [1.54, 1.807) is 27.8 Å². The first-order chi connectivity index (χ1) is 7.29. The molecule has 1 heterocycles. The molecule has 1 atom stereocenters. The molecule has 0 amide bonds. The second-order valence-electron chi connectivity index (χ2n) is 3.74. The minimum Gasteiger partial charge on any atom is -0.303 e. The Bertz CT molecular complexity index is 368. The molecule has 3 nitrogen and oxygen atoms in total. The second-order valence-corrected chi connectivity index (χ2v) is 3.74. The van der Waals surface area contributed by atoms with E-state index in [9.17, 15) is 13.2 Å². The van der Waals surface area contributed by atoms with E-state index < -0.39 is 12.2 Å². The van der Waals surface area contributed by atoms with E-state index in [1.165, 1.54) is 4.68 Å². The molecule has 1 aromatic rings. The van der Waals surface area contributed by atoms with Crippen LogP contribution in [0, 0.1) is 13.8 Å². The van der Waals surface area contributed by atoms with E-state index in [-0.39, 0.29) is 12.1 Å². The van der Waals surface area contributed by atoms with Crippen LogP contribution in [-0.4, -0.2) is 22.5 Å². The first kappa shape index (κ1) is 13.0. The molecule has 92 valence electrons. The zero-order valence-corrected chi connectivity index (χ0v) is 9.81. The summed E-state index contributed by atoms with van der Waals surface area (Å²) < 4.78 is 40.1. The van der Waals surface area contributed by atoms with E-state index in [2.05, 4.69) is 10.4 Å². The van der Waals surface area contributed by atoms with Gasteiger partial charge in [0.15, 0.2) is 0 Å². The SMILES string of the molecule is CCNC(c1c(C)nn(C)c1C)C(F)(F)F. The number of alkyl halides is 3. The van der Waals surface area contributed by atoms with Crippen molar-refractivity contribution in [2.75, 3.05) is 6.54 Å². The summed E-state index contributed by atoms with van der Waals surface area (Å²) in [6.07, 6.45) is -4.30. The van der Waals surface area contributed by atoms with Crippen LogP contribution in [0.25, 0.3) is 0 Å². The van der Waals surface area contributed by atoms with E-state index in [4.69, 9.17) is 0 Å². The van der Waals surface area contributed by atoms with Gasteiger partial charge in [-0.05, 0) is 20.4 Å². The maximum atomic E-state index is 12.9. The normalized spacial score (nSPS) is 14.2. The minimum absolute atomic E-state index is 0.233. The lowest BCUT2D eigenvalue weighted by Gasteiger charge is -2.21. The summed E-state index contributed by atoms with van der Waals surface area (Å²) in [6, 6.07) is -1.63. The highest BCUT2D eigenvalue weighted by Gasteiger charge is 2.42. The highest BCUT2D eigenvalue weighted by molar-refractivity contribution is 5.29. The quantitative estimate of drug-likeness (QED) is 0.870. The van der Waals surface area contributed by atoms with Crippen LogP contribution in [0.3, 0.4) is 0 Å². The van der Waals surface area contributed by atoms with Crippen molar-refractivity contribution in [2.24, 2.45) is 7.05 Å². The van der Waals surface area contributed by atoms with Crippen LogP contribution in [0.15, 0.2) is 0 Å². The average Bonchev–Trinajstić information content (AvgIpc) is 2.37. The molecule has 16 heavy (non-hydrogen) atoms. The van der Waals surface area contributed by atoms with Crippen LogP contribution >= 0.6 is 0 Å². The summed E-state index contributed by atoms with van der Waals surface area (Å²) in [5.41, 5.74) is 1.20. The number of hydrogen-bond acceptors (Lipinski definition) is 2. The van der Waals surface area contributed by atoms with Crippen LogP contribution in [-0.2, 0) is 7.05 Å². The van der Waals surface area contributed by atoms with Crippen LogP contribution in [0.5, 0.6) is 0 Å².